The molecule has 0 heteroatoms. The Labute approximate surface area is 147 Å². The van der Waals surface area contributed by atoms with Crippen molar-refractivity contribution in [1.29, 1.82) is 0 Å². The van der Waals surface area contributed by atoms with Crippen molar-refractivity contribution >= 4 is 16.7 Å². The van der Waals surface area contributed by atoms with Crippen LogP contribution in [0.4, 0.5) is 0 Å². The van der Waals surface area contributed by atoms with Crippen LogP contribution in [0, 0.1) is 0 Å². The molecule has 0 heterocycles. The van der Waals surface area contributed by atoms with Gasteiger partial charge in [-0.05, 0) is 110 Å². The van der Waals surface area contributed by atoms with Gasteiger partial charge in [0, 0.05) is 0 Å². The van der Waals surface area contributed by atoms with Gasteiger partial charge in [0.2, 0.25) is 0 Å². The molecule has 0 amide bonds. The molecule has 0 radical (unpaired) electrons. The molecule has 0 aliphatic heterocycles. The predicted molar refractivity (Wildman–Crippen MR) is 106 cm³/mol. The first-order chi connectivity index (χ1) is 11.9. The molecular weight excluding hydrogens is 288 g/mol. The zero-order chi connectivity index (χ0) is 16.2. The molecule has 0 spiro atoms. The smallest absolute Gasteiger partial charge is 0.00772 e. The van der Waals surface area contributed by atoms with Gasteiger partial charge in [0.25, 0.3) is 0 Å². The van der Waals surface area contributed by atoms with Crippen molar-refractivity contribution in [2.45, 2.75) is 77.0 Å². The van der Waals surface area contributed by atoms with E-state index < -0.39 is 0 Å². The summed E-state index contributed by atoms with van der Waals surface area (Å²) in [5, 5.41) is 0. The van der Waals surface area contributed by atoms with Crippen molar-refractivity contribution in [2.24, 2.45) is 0 Å². The first-order valence-corrected chi connectivity index (χ1v) is 10.1. The molecule has 0 atom stereocenters. The van der Waals surface area contributed by atoms with Crippen LogP contribution in [0.3, 0.4) is 0 Å². The Morgan fingerprint density at radius 2 is 0.958 bits per heavy atom. The van der Waals surface area contributed by atoms with E-state index in [0.29, 0.717) is 0 Å². The van der Waals surface area contributed by atoms with Crippen molar-refractivity contribution in [1.82, 2.24) is 0 Å². The molecule has 0 nitrogen and oxygen atoms in total. The molecule has 0 N–H and O–H groups in total. The molecule has 1 aromatic carbocycles. The van der Waals surface area contributed by atoms with Crippen molar-refractivity contribution in [3.8, 4) is 0 Å². The van der Waals surface area contributed by atoms with E-state index in [-0.39, 0.29) is 0 Å². The first kappa shape index (κ1) is 15.9. The standard InChI is InChI=1S/C24H30/c1-4-11-19(12-5-1)22-17-10-18-23(20-13-6-2-7-14-20)24(22)21-15-8-3-9-16-21/h10-11,13,15,17-18H,1-9,12,14,16H2. The molecule has 0 aromatic heterocycles. The van der Waals surface area contributed by atoms with Gasteiger partial charge in [-0.15, -0.1) is 0 Å². The molecule has 0 fully saturated rings. The Hall–Kier alpha value is -1.56. The maximum atomic E-state index is 2.54. The summed E-state index contributed by atoms with van der Waals surface area (Å²) in [4.78, 5) is 0. The summed E-state index contributed by atoms with van der Waals surface area (Å²) in [6.07, 6.45) is 23.4. The molecule has 0 unspecified atom stereocenters. The highest BCUT2D eigenvalue weighted by Crippen LogP contribution is 2.41. The van der Waals surface area contributed by atoms with Gasteiger partial charge in [-0.3, -0.25) is 0 Å². The van der Waals surface area contributed by atoms with E-state index >= 15 is 0 Å². The zero-order valence-corrected chi connectivity index (χ0v) is 14.9. The molecule has 3 aliphatic carbocycles. The second-order valence-electron chi connectivity index (χ2n) is 7.65. The average molecular weight is 319 g/mol. The Bertz CT molecular complexity index is 640. The van der Waals surface area contributed by atoms with Gasteiger partial charge >= 0.3 is 0 Å². The SMILES string of the molecule is C1=C(c2cccc(C3=CCCCC3)c2C2=CCCCC2)CCCC1. The van der Waals surface area contributed by atoms with Gasteiger partial charge in [0.15, 0.2) is 0 Å². The fraction of sp³-hybridized carbons (Fsp3) is 0.500. The highest BCUT2D eigenvalue weighted by Gasteiger charge is 2.20. The van der Waals surface area contributed by atoms with Crippen LogP contribution in [0.5, 0.6) is 0 Å². The van der Waals surface area contributed by atoms with Gasteiger partial charge in [0.1, 0.15) is 0 Å². The van der Waals surface area contributed by atoms with E-state index in [1.807, 2.05) is 0 Å². The minimum Gasteiger partial charge on any atom is -0.0807 e. The molecule has 0 bridgehead atoms. The van der Waals surface area contributed by atoms with Gasteiger partial charge in [0.05, 0.1) is 0 Å². The van der Waals surface area contributed by atoms with Crippen LogP contribution in [0.1, 0.15) is 93.7 Å². The third-order valence-electron chi connectivity index (χ3n) is 5.95. The Kier molecular flexibility index (Phi) is 5.02. The quantitative estimate of drug-likeness (QED) is 0.539. The van der Waals surface area contributed by atoms with E-state index in [1.54, 1.807) is 33.4 Å². The lowest BCUT2D eigenvalue weighted by atomic mass is 9.80. The molecule has 126 valence electrons. The van der Waals surface area contributed by atoms with E-state index in [4.69, 9.17) is 0 Å². The highest BCUT2D eigenvalue weighted by molar-refractivity contribution is 5.88. The summed E-state index contributed by atoms with van der Waals surface area (Å²) < 4.78 is 0. The summed E-state index contributed by atoms with van der Waals surface area (Å²) in [7, 11) is 0. The number of allylic oxidation sites excluding steroid dienone is 6. The molecule has 3 aliphatic rings. The van der Waals surface area contributed by atoms with E-state index in [2.05, 4.69) is 36.4 Å². The molecule has 24 heavy (non-hydrogen) atoms. The summed E-state index contributed by atoms with van der Waals surface area (Å²) in [5.41, 5.74) is 9.55. The molecule has 0 saturated carbocycles. The van der Waals surface area contributed by atoms with Crippen LogP contribution in [0.15, 0.2) is 36.4 Å². The molecule has 1 aromatic rings. The van der Waals surface area contributed by atoms with Crippen LogP contribution in [-0.2, 0) is 0 Å². The second kappa shape index (κ2) is 7.55. The van der Waals surface area contributed by atoms with Gasteiger partial charge in [-0.1, -0.05) is 36.4 Å². The van der Waals surface area contributed by atoms with Gasteiger partial charge < -0.3 is 0 Å². The minimum atomic E-state index is 1.26. The van der Waals surface area contributed by atoms with Crippen molar-refractivity contribution in [2.75, 3.05) is 0 Å². The maximum Gasteiger partial charge on any atom is -0.00772 e. The summed E-state index contributed by atoms with van der Waals surface area (Å²) >= 11 is 0. The largest absolute Gasteiger partial charge is 0.0807 e. The summed E-state index contributed by atoms with van der Waals surface area (Å²) in [6, 6.07) is 7.10. The lowest BCUT2D eigenvalue weighted by molar-refractivity contribution is 0.734. The van der Waals surface area contributed by atoms with E-state index in [0.717, 1.165) is 0 Å². The van der Waals surface area contributed by atoms with Crippen molar-refractivity contribution in [3.05, 3.63) is 53.1 Å². The van der Waals surface area contributed by atoms with Crippen LogP contribution in [0.2, 0.25) is 0 Å². The van der Waals surface area contributed by atoms with E-state index in [1.165, 1.54) is 77.0 Å². The fourth-order valence-corrected chi connectivity index (χ4v) is 4.66. The van der Waals surface area contributed by atoms with Gasteiger partial charge in [-0.2, -0.15) is 0 Å². The average Bonchev–Trinajstić information content (AvgIpc) is 2.69. The predicted octanol–water partition coefficient (Wildman–Crippen LogP) is 7.56. The van der Waals surface area contributed by atoms with Crippen molar-refractivity contribution in [3.63, 3.8) is 0 Å². The first-order valence-electron chi connectivity index (χ1n) is 10.1. The Morgan fingerprint density at radius 1 is 0.500 bits per heavy atom. The minimum absolute atomic E-state index is 1.26. The third-order valence-corrected chi connectivity index (χ3v) is 5.95. The van der Waals surface area contributed by atoms with Crippen LogP contribution < -0.4 is 0 Å². The fourth-order valence-electron chi connectivity index (χ4n) is 4.66. The normalized spacial score (nSPS) is 21.8. The third kappa shape index (κ3) is 3.29. The number of hydrogen-bond acceptors (Lipinski definition) is 0. The lowest BCUT2D eigenvalue weighted by Crippen LogP contribution is -2.04. The lowest BCUT2D eigenvalue weighted by Gasteiger charge is -2.25. The Morgan fingerprint density at radius 3 is 1.38 bits per heavy atom. The maximum absolute atomic E-state index is 2.54. The molecular formula is C24H30. The van der Waals surface area contributed by atoms with E-state index in [9.17, 15) is 0 Å². The van der Waals surface area contributed by atoms with Crippen LogP contribution in [0.25, 0.3) is 16.7 Å². The zero-order valence-electron chi connectivity index (χ0n) is 14.9. The summed E-state index contributed by atoms with van der Waals surface area (Å²) in [5.74, 6) is 0. The monoisotopic (exact) mass is 318 g/mol. The topological polar surface area (TPSA) is 0 Å². The highest BCUT2D eigenvalue weighted by atomic mass is 14.2. The van der Waals surface area contributed by atoms with Gasteiger partial charge in [-0.25, -0.2) is 0 Å². The number of hydrogen-bond donors (Lipinski definition) is 0. The Balaban J connectivity index is 1.85. The number of rotatable bonds is 3. The number of benzene rings is 1. The van der Waals surface area contributed by atoms with Crippen LogP contribution >= 0.6 is 0 Å². The molecule has 4 rings (SSSR count). The second-order valence-corrected chi connectivity index (χ2v) is 7.65. The van der Waals surface area contributed by atoms with Crippen LogP contribution in [-0.4, -0.2) is 0 Å². The van der Waals surface area contributed by atoms with Crippen molar-refractivity contribution < 1.29 is 0 Å². The summed E-state index contributed by atoms with van der Waals surface area (Å²) in [6.45, 7) is 0. The molecule has 0 saturated heterocycles.